The number of nitrogens with one attached hydrogen (secondary N) is 1. The molecule has 0 bridgehead atoms. The number of carbonyl (C=O) groups is 1. The minimum Gasteiger partial charge on any atom is -0.302 e. The molecule has 9 heteroatoms. The highest BCUT2D eigenvalue weighted by Gasteiger charge is 2.13. The number of thiazole rings is 1. The first kappa shape index (κ1) is 18.1. The second kappa shape index (κ2) is 7.03. The molecule has 4 rings (SSSR count). The second-order valence-electron chi connectivity index (χ2n) is 6.14. The first-order valence-corrected chi connectivity index (χ1v) is 10.2. The summed E-state index contributed by atoms with van der Waals surface area (Å²) in [5.74, 6) is -0.203. The number of halogens is 1. The average molecular weight is 419 g/mol. The van der Waals surface area contributed by atoms with Gasteiger partial charge < -0.3 is 5.32 Å². The first-order chi connectivity index (χ1) is 12.9. The Morgan fingerprint density at radius 2 is 2.11 bits per heavy atom. The number of hydrogen-bond donors (Lipinski definition) is 1. The van der Waals surface area contributed by atoms with Gasteiger partial charge in [0, 0.05) is 22.9 Å². The van der Waals surface area contributed by atoms with Gasteiger partial charge in [0.2, 0.25) is 5.91 Å². The molecule has 0 aliphatic carbocycles. The number of aromatic nitrogens is 3. The van der Waals surface area contributed by atoms with E-state index >= 15 is 0 Å². The van der Waals surface area contributed by atoms with E-state index < -0.39 is 0 Å². The molecular formula is C18H15ClN4O2S2. The summed E-state index contributed by atoms with van der Waals surface area (Å²) in [4.78, 5) is 35.5. The Labute approximate surface area is 167 Å². The number of anilines is 1. The van der Waals surface area contributed by atoms with Crippen molar-refractivity contribution in [3.8, 4) is 0 Å². The summed E-state index contributed by atoms with van der Waals surface area (Å²) >= 11 is 8.85. The molecule has 0 radical (unpaired) electrons. The summed E-state index contributed by atoms with van der Waals surface area (Å²) in [5, 5.41) is 4.57. The number of benzene rings is 1. The molecule has 1 N–H and O–H groups in total. The SMILES string of the molecule is Cc1sc2ncn(CCC(=O)Nc3nc4ccc(Cl)cc4s3)c(=O)c2c1C. The van der Waals surface area contributed by atoms with Gasteiger partial charge >= 0.3 is 0 Å². The van der Waals surface area contributed by atoms with E-state index in [2.05, 4.69) is 15.3 Å². The Morgan fingerprint density at radius 1 is 1.30 bits per heavy atom. The molecule has 27 heavy (non-hydrogen) atoms. The van der Waals surface area contributed by atoms with Gasteiger partial charge in [0.15, 0.2) is 5.13 Å². The van der Waals surface area contributed by atoms with Crippen LogP contribution in [0.4, 0.5) is 5.13 Å². The molecule has 4 aromatic rings. The van der Waals surface area contributed by atoms with Crippen LogP contribution in [-0.4, -0.2) is 20.4 Å². The van der Waals surface area contributed by atoms with Crippen LogP contribution >= 0.6 is 34.3 Å². The molecule has 0 saturated heterocycles. The van der Waals surface area contributed by atoms with Crippen molar-refractivity contribution in [2.75, 3.05) is 5.32 Å². The number of thiophene rings is 1. The average Bonchev–Trinajstić information content (AvgIpc) is 3.14. The summed E-state index contributed by atoms with van der Waals surface area (Å²) in [6.45, 7) is 4.16. The fraction of sp³-hybridized carbons (Fsp3) is 0.222. The number of carbonyl (C=O) groups excluding carboxylic acids is 1. The van der Waals surface area contributed by atoms with Crippen molar-refractivity contribution in [3.05, 3.63) is 50.3 Å². The molecule has 0 aliphatic rings. The lowest BCUT2D eigenvalue weighted by Gasteiger charge is -2.05. The number of rotatable bonds is 4. The lowest BCUT2D eigenvalue weighted by molar-refractivity contribution is -0.116. The van der Waals surface area contributed by atoms with Crippen molar-refractivity contribution in [2.45, 2.75) is 26.8 Å². The largest absolute Gasteiger partial charge is 0.302 e. The molecule has 6 nitrogen and oxygen atoms in total. The molecule has 0 fully saturated rings. The Balaban J connectivity index is 1.48. The van der Waals surface area contributed by atoms with E-state index in [9.17, 15) is 9.59 Å². The number of aryl methyl sites for hydroxylation is 3. The van der Waals surface area contributed by atoms with E-state index in [-0.39, 0.29) is 24.4 Å². The number of hydrogen-bond acceptors (Lipinski definition) is 6. The van der Waals surface area contributed by atoms with Crippen molar-refractivity contribution in [2.24, 2.45) is 0 Å². The Morgan fingerprint density at radius 3 is 2.93 bits per heavy atom. The smallest absolute Gasteiger partial charge is 0.262 e. The van der Waals surface area contributed by atoms with Crippen LogP contribution in [0.1, 0.15) is 16.9 Å². The van der Waals surface area contributed by atoms with Crippen molar-refractivity contribution in [1.29, 1.82) is 0 Å². The summed E-state index contributed by atoms with van der Waals surface area (Å²) in [6, 6.07) is 5.39. The van der Waals surface area contributed by atoms with E-state index in [4.69, 9.17) is 11.6 Å². The van der Waals surface area contributed by atoms with Gasteiger partial charge in [-0.2, -0.15) is 0 Å². The van der Waals surface area contributed by atoms with Gasteiger partial charge in [-0.25, -0.2) is 9.97 Å². The van der Waals surface area contributed by atoms with Gasteiger partial charge in [-0.15, -0.1) is 11.3 Å². The van der Waals surface area contributed by atoms with E-state index in [1.54, 1.807) is 6.07 Å². The third kappa shape index (κ3) is 3.47. The number of fused-ring (bicyclic) bond motifs is 2. The molecule has 0 atom stereocenters. The third-order valence-electron chi connectivity index (χ3n) is 4.33. The maximum Gasteiger partial charge on any atom is 0.262 e. The molecule has 0 spiro atoms. The van der Waals surface area contributed by atoms with E-state index in [0.29, 0.717) is 15.5 Å². The molecule has 0 aliphatic heterocycles. The fourth-order valence-corrected chi connectivity index (χ4v) is 4.93. The zero-order valence-electron chi connectivity index (χ0n) is 14.6. The maximum atomic E-state index is 12.7. The summed E-state index contributed by atoms with van der Waals surface area (Å²) in [7, 11) is 0. The van der Waals surface area contributed by atoms with E-state index in [1.165, 1.54) is 33.6 Å². The zero-order chi connectivity index (χ0) is 19.1. The van der Waals surface area contributed by atoms with Crippen LogP contribution < -0.4 is 10.9 Å². The van der Waals surface area contributed by atoms with E-state index in [0.717, 1.165) is 25.5 Å². The van der Waals surface area contributed by atoms with Crippen molar-refractivity contribution < 1.29 is 4.79 Å². The Hall–Kier alpha value is -2.29. The van der Waals surface area contributed by atoms with Crippen LogP contribution in [0.5, 0.6) is 0 Å². The molecule has 138 valence electrons. The summed E-state index contributed by atoms with van der Waals surface area (Å²) in [5.41, 5.74) is 1.64. The first-order valence-electron chi connectivity index (χ1n) is 8.23. The standard InChI is InChI=1S/C18H15ClN4O2S2/c1-9-10(2)26-16-15(9)17(25)23(8-20-16)6-5-14(24)22-18-21-12-4-3-11(19)7-13(12)27-18/h3-4,7-8H,5-6H2,1-2H3,(H,21,22,24). The van der Waals surface area contributed by atoms with Crippen LogP contribution in [0.3, 0.4) is 0 Å². The molecule has 1 aromatic carbocycles. The van der Waals surface area contributed by atoms with Crippen molar-refractivity contribution in [1.82, 2.24) is 14.5 Å². The van der Waals surface area contributed by atoms with Gasteiger partial charge in [0.05, 0.1) is 21.9 Å². The quantitative estimate of drug-likeness (QED) is 0.534. The Kier molecular flexibility index (Phi) is 4.71. The molecule has 0 saturated carbocycles. The minimum absolute atomic E-state index is 0.107. The third-order valence-corrected chi connectivity index (χ3v) is 6.62. The van der Waals surface area contributed by atoms with Gasteiger partial charge in [0.25, 0.3) is 5.56 Å². The van der Waals surface area contributed by atoms with E-state index in [1.807, 2.05) is 26.0 Å². The summed E-state index contributed by atoms with van der Waals surface area (Å²) in [6.07, 6.45) is 1.67. The predicted molar refractivity (Wildman–Crippen MR) is 111 cm³/mol. The lowest BCUT2D eigenvalue weighted by Crippen LogP contribution is -2.23. The predicted octanol–water partition coefficient (Wildman–Crippen LogP) is 4.37. The van der Waals surface area contributed by atoms with Crippen LogP contribution in [0.25, 0.3) is 20.4 Å². The van der Waals surface area contributed by atoms with Gasteiger partial charge in [-0.05, 0) is 37.6 Å². The highest BCUT2D eigenvalue weighted by Crippen LogP contribution is 2.28. The normalized spacial score (nSPS) is 11.4. The van der Waals surface area contributed by atoms with Crippen LogP contribution in [0, 0.1) is 13.8 Å². The van der Waals surface area contributed by atoms with Crippen molar-refractivity contribution in [3.63, 3.8) is 0 Å². The molecule has 3 aromatic heterocycles. The lowest BCUT2D eigenvalue weighted by atomic mass is 10.2. The molecule has 3 heterocycles. The van der Waals surface area contributed by atoms with Gasteiger partial charge in [-0.1, -0.05) is 22.9 Å². The second-order valence-corrected chi connectivity index (χ2v) is 8.81. The van der Waals surface area contributed by atoms with Crippen LogP contribution in [0.2, 0.25) is 5.02 Å². The fourth-order valence-electron chi connectivity index (χ4n) is 2.78. The maximum absolute atomic E-state index is 12.7. The topological polar surface area (TPSA) is 76.9 Å². The highest BCUT2D eigenvalue weighted by molar-refractivity contribution is 7.22. The van der Waals surface area contributed by atoms with Gasteiger partial charge in [-0.3, -0.25) is 14.2 Å². The highest BCUT2D eigenvalue weighted by atomic mass is 35.5. The summed E-state index contributed by atoms with van der Waals surface area (Å²) < 4.78 is 2.39. The molecule has 1 amide bonds. The van der Waals surface area contributed by atoms with Crippen LogP contribution in [-0.2, 0) is 11.3 Å². The number of amides is 1. The minimum atomic E-state index is -0.203. The van der Waals surface area contributed by atoms with Crippen LogP contribution in [0.15, 0.2) is 29.3 Å². The molecule has 0 unspecified atom stereocenters. The Bertz CT molecular complexity index is 1240. The number of nitrogens with zero attached hydrogens (tertiary/aromatic N) is 3. The zero-order valence-corrected chi connectivity index (χ0v) is 17.0. The monoisotopic (exact) mass is 418 g/mol. The van der Waals surface area contributed by atoms with Crippen molar-refractivity contribution >= 4 is 65.7 Å². The molecular weight excluding hydrogens is 404 g/mol. The van der Waals surface area contributed by atoms with Gasteiger partial charge in [0.1, 0.15) is 4.83 Å².